The van der Waals surface area contributed by atoms with Crippen molar-refractivity contribution in [2.45, 2.75) is 45.7 Å². The highest BCUT2D eigenvalue weighted by Crippen LogP contribution is 2.19. The number of hydrogen-bond donors (Lipinski definition) is 3. The number of likely N-dealkylation sites (tertiary alicyclic amines) is 1. The van der Waals surface area contributed by atoms with Crippen molar-refractivity contribution in [3.05, 3.63) is 36.0 Å². The molecule has 0 saturated carbocycles. The summed E-state index contributed by atoms with van der Waals surface area (Å²) in [5.74, 6) is 1.56. The maximum absolute atomic E-state index is 4.41. The predicted octanol–water partition coefficient (Wildman–Crippen LogP) is 2.99. The smallest absolute Gasteiger partial charge is 0.191 e. The number of guanidine groups is 1. The summed E-state index contributed by atoms with van der Waals surface area (Å²) in [5, 5.41) is 8.43. The topological polar surface area (TPSA) is 55.5 Å². The first-order valence-corrected chi connectivity index (χ1v) is 9.84. The molecule has 2 unspecified atom stereocenters. The summed E-state index contributed by atoms with van der Waals surface area (Å²) in [6.07, 6.45) is 4.29. The van der Waals surface area contributed by atoms with Crippen LogP contribution in [-0.2, 0) is 6.42 Å². The molecule has 1 aromatic heterocycles. The molecule has 2 heterocycles. The van der Waals surface area contributed by atoms with Crippen LogP contribution in [0.15, 0.2) is 35.5 Å². The van der Waals surface area contributed by atoms with Crippen LogP contribution in [0.2, 0.25) is 0 Å². The molecule has 1 aromatic carbocycles. The van der Waals surface area contributed by atoms with Crippen LogP contribution in [0.3, 0.4) is 0 Å². The van der Waals surface area contributed by atoms with Crippen LogP contribution < -0.4 is 10.6 Å². The third-order valence-corrected chi connectivity index (χ3v) is 5.51. The molecule has 0 bridgehead atoms. The molecule has 5 nitrogen and oxygen atoms in total. The Balaban J connectivity index is 1.45. The Labute approximate surface area is 157 Å². The quantitative estimate of drug-likeness (QED) is 0.424. The summed E-state index contributed by atoms with van der Waals surface area (Å²) in [4.78, 5) is 10.3. The van der Waals surface area contributed by atoms with Gasteiger partial charge in [0.2, 0.25) is 0 Å². The normalized spacial score (nSPS) is 21.7. The Hall–Kier alpha value is -2.01. The fourth-order valence-corrected chi connectivity index (χ4v) is 3.81. The Kier molecular flexibility index (Phi) is 6.20. The van der Waals surface area contributed by atoms with Gasteiger partial charge in [0.05, 0.1) is 0 Å². The Morgan fingerprint density at radius 2 is 2.12 bits per heavy atom. The standard InChI is InChI=1S/C21H33N5/c1-15(2)26-13-16(3)20(14-26)25-21(22-4)23-11-7-8-17-12-24-19-10-6-5-9-18(17)19/h5-6,9-10,12,15-16,20,24H,7-8,11,13-14H2,1-4H3,(H2,22,23,25). The number of nitrogens with one attached hydrogen (secondary N) is 3. The van der Waals surface area contributed by atoms with Gasteiger partial charge in [0, 0.05) is 55.9 Å². The average molecular weight is 356 g/mol. The molecule has 1 aliphatic heterocycles. The molecular weight excluding hydrogens is 322 g/mol. The van der Waals surface area contributed by atoms with Gasteiger partial charge in [-0.1, -0.05) is 25.1 Å². The fraction of sp³-hybridized carbons (Fsp3) is 0.571. The summed E-state index contributed by atoms with van der Waals surface area (Å²) in [6.45, 7) is 10.0. The second kappa shape index (κ2) is 8.58. The van der Waals surface area contributed by atoms with Crippen LogP contribution in [0.4, 0.5) is 0 Å². The highest BCUT2D eigenvalue weighted by atomic mass is 15.3. The van der Waals surface area contributed by atoms with Gasteiger partial charge in [-0.25, -0.2) is 0 Å². The molecule has 2 atom stereocenters. The van der Waals surface area contributed by atoms with E-state index in [9.17, 15) is 0 Å². The van der Waals surface area contributed by atoms with Crippen LogP contribution in [0.25, 0.3) is 10.9 Å². The van der Waals surface area contributed by atoms with Crippen molar-refractivity contribution < 1.29 is 0 Å². The van der Waals surface area contributed by atoms with Crippen molar-refractivity contribution in [1.82, 2.24) is 20.5 Å². The third-order valence-electron chi connectivity index (χ3n) is 5.51. The van der Waals surface area contributed by atoms with E-state index in [1.165, 1.54) is 16.5 Å². The molecule has 1 fully saturated rings. The Bertz CT molecular complexity index is 733. The molecule has 142 valence electrons. The molecule has 1 aliphatic rings. The average Bonchev–Trinajstić information content (AvgIpc) is 3.21. The minimum absolute atomic E-state index is 0.470. The molecule has 26 heavy (non-hydrogen) atoms. The molecular formula is C21H33N5. The number of H-pyrrole nitrogens is 1. The van der Waals surface area contributed by atoms with E-state index in [0.717, 1.165) is 38.4 Å². The lowest BCUT2D eigenvalue weighted by Gasteiger charge is -2.22. The number of aliphatic imine (C=N–C) groups is 1. The molecule has 0 amide bonds. The zero-order valence-corrected chi connectivity index (χ0v) is 16.5. The van der Waals surface area contributed by atoms with Crippen LogP contribution >= 0.6 is 0 Å². The van der Waals surface area contributed by atoms with Crippen molar-refractivity contribution in [2.24, 2.45) is 10.9 Å². The van der Waals surface area contributed by atoms with E-state index in [-0.39, 0.29) is 0 Å². The second-order valence-corrected chi connectivity index (χ2v) is 7.74. The first-order chi connectivity index (χ1) is 12.6. The first-order valence-electron chi connectivity index (χ1n) is 9.84. The number of aromatic amines is 1. The molecule has 3 rings (SSSR count). The zero-order chi connectivity index (χ0) is 18.5. The van der Waals surface area contributed by atoms with Gasteiger partial charge in [0.15, 0.2) is 5.96 Å². The summed E-state index contributed by atoms with van der Waals surface area (Å²) < 4.78 is 0. The van der Waals surface area contributed by atoms with Crippen LogP contribution in [-0.4, -0.2) is 54.6 Å². The van der Waals surface area contributed by atoms with E-state index in [0.29, 0.717) is 18.0 Å². The van der Waals surface area contributed by atoms with E-state index in [1.807, 2.05) is 7.05 Å². The number of benzene rings is 1. The maximum atomic E-state index is 4.41. The van der Waals surface area contributed by atoms with Crippen molar-refractivity contribution in [1.29, 1.82) is 0 Å². The highest BCUT2D eigenvalue weighted by Gasteiger charge is 2.31. The van der Waals surface area contributed by atoms with Gasteiger partial charge in [-0.3, -0.25) is 9.89 Å². The molecule has 1 saturated heterocycles. The third kappa shape index (κ3) is 4.39. The molecule has 0 aliphatic carbocycles. The lowest BCUT2D eigenvalue weighted by atomic mass is 10.1. The van der Waals surface area contributed by atoms with E-state index in [1.54, 1.807) is 0 Å². The fourth-order valence-electron chi connectivity index (χ4n) is 3.81. The lowest BCUT2D eigenvalue weighted by Crippen LogP contribution is -2.47. The summed E-state index contributed by atoms with van der Waals surface area (Å²) in [5.41, 5.74) is 2.61. The number of hydrogen-bond acceptors (Lipinski definition) is 2. The summed E-state index contributed by atoms with van der Waals surface area (Å²) in [7, 11) is 1.86. The summed E-state index contributed by atoms with van der Waals surface area (Å²) >= 11 is 0. The van der Waals surface area contributed by atoms with E-state index in [2.05, 4.69) is 76.7 Å². The largest absolute Gasteiger partial charge is 0.361 e. The number of aryl methyl sites for hydroxylation is 1. The van der Waals surface area contributed by atoms with Gasteiger partial charge in [0.25, 0.3) is 0 Å². The highest BCUT2D eigenvalue weighted by molar-refractivity contribution is 5.83. The van der Waals surface area contributed by atoms with Crippen LogP contribution in [0.1, 0.15) is 32.8 Å². The first kappa shape index (κ1) is 18.8. The molecule has 3 N–H and O–H groups in total. The minimum atomic E-state index is 0.470. The van der Waals surface area contributed by atoms with Gasteiger partial charge in [-0.15, -0.1) is 0 Å². The van der Waals surface area contributed by atoms with Crippen molar-refractivity contribution >= 4 is 16.9 Å². The maximum Gasteiger partial charge on any atom is 0.191 e. The number of rotatable bonds is 6. The minimum Gasteiger partial charge on any atom is -0.361 e. The number of fused-ring (bicyclic) bond motifs is 1. The van der Waals surface area contributed by atoms with Crippen molar-refractivity contribution in [3.63, 3.8) is 0 Å². The molecule has 0 spiro atoms. The van der Waals surface area contributed by atoms with Crippen molar-refractivity contribution in [2.75, 3.05) is 26.7 Å². The SMILES string of the molecule is CN=C(NCCCc1c[nH]c2ccccc12)NC1CN(C(C)C)CC1C. The van der Waals surface area contributed by atoms with Gasteiger partial charge in [-0.2, -0.15) is 0 Å². The Morgan fingerprint density at radius 1 is 1.31 bits per heavy atom. The van der Waals surface area contributed by atoms with Gasteiger partial charge >= 0.3 is 0 Å². The van der Waals surface area contributed by atoms with Crippen molar-refractivity contribution in [3.8, 4) is 0 Å². The second-order valence-electron chi connectivity index (χ2n) is 7.74. The van der Waals surface area contributed by atoms with E-state index < -0.39 is 0 Å². The predicted molar refractivity (Wildman–Crippen MR) is 111 cm³/mol. The zero-order valence-electron chi connectivity index (χ0n) is 16.5. The van der Waals surface area contributed by atoms with Crippen LogP contribution in [0, 0.1) is 5.92 Å². The van der Waals surface area contributed by atoms with Gasteiger partial charge < -0.3 is 15.6 Å². The summed E-state index contributed by atoms with van der Waals surface area (Å²) in [6, 6.07) is 9.58. The monoisotopic (exact) mass is 355 g/mol. The number of para-hydroxylation sites is 1. The number of aromatic nitrogens is 1. The Morgan fingerprint density at radius 3 is 2.85 bits per heavy atom. The molecule has 0 radical (unpaired) electrons. The number of nitrogens with zero attached hydrogens (tertiary/aromatic N) is 2. The molecule has 2 aromatic rings. The lowest BCUT2D eigenvalue weighted by molar-refractivity contribution is 0.265. The van der Waals surface area contributed by atoms with E-state index >= 15 is 0 Å². The molecule has 5 heteroatoms. The van der Waals surface area contributed by atoms with Gasteiger partial charge in [-0.05, 0) is 44.2 Å². The van der Waals surface area contributed by atoms with Gasteiger partial charge in [0.1, 0.15) is 0 Å². The van der Waals surface area contributed by atoms with E-state index in [4.69, 9.17) is 0 Å². The van der Waals surface area contributed by atoms with Crippen LogP contribution in [0.5, 0.6) is 0 Å².